The van der Waals surface area contributed by atoms with Crippen LogP contribution in [0.5, 0.6) is 0 Å². The van der Waals surface area contributed by atoms with Crippen LogP contribution in [0.2, 0.25) is 0 Å². The molecule has 1 rings (SSSR count). The zero-order valence-corrected chi connectivity index (χ0v) is 6.98. The van der Waals surface area contributed by atoms with Gasteiger partial charge in [-0.2, -0.15) is 0 Å². The van der Waals surface area contributed by atoms with Crippen molar-refractivity contribution in [2.75, 3.05) is 6.54 Å². The highest BCUT2D eigenvalue weighted by atomic mass is 16.3. The van der Waals surface area contributed by atoms with Gasteiger partial charge in [-0.25, -0.2) is 0 Å². The van der Waals surface area contributed by atoms with Gasteiger partial charge in [0.1, 0.15) is 11.5 Å². The minimum atomic E-state index is 0.486. The molecule has 1 heterocycles. The maximum absolute atomic E-state index is 5.44. The molecule has 0 radical (unpaired) electrons. The Morgan fingerprint density at radius 3 is 2.64 bits per heavy atom. The molecule has 0 bridgehead atoms. The zero-order valence-electron chi connectivity index (χ0n) is 6.98. The largest absolute Gasteiger partial charge is 0.466 e. The van der Waals surface area contributed by atoms with Gasteiger partial charge in [0.05, 0.1) is 0 Å². The predicted octanol–water partition coefficient (Wildman–Crippen LogP) is 1.87. The fourth-order valence-electron chi connectivity index (χ4n) is 1.09. The molecule has 0 aliphatic carbocycles. The Hall–Kier alpha value is -1.02. The number of nitrogens with two attached hydrogens (primary N) is 1. The van der Waals surface area contributed by atoms with Gasteiger partial charge in [-0.1, -0.05) is 6.58 Å². The monoisotopic (exact) mass is 151 g/mol. The third-order valence-electron chi connectivity index (χ3n) is 1.67. The Kier molecular flexibility index (Phi) is 2.15. The van der Waals surface area contributed by atoms with Crippen LogP contribution in [-0.2, 0) is 0 Å². The van der Waals surface area contributed by atoms with Gasteiger partial charge in [-0.05, 0) is 25.5 Å². The fourth-order valence-corrected chi connectivity index (χ4v) is 1.09. The summed E-state index contributed by atoms with van der Waals surface area (Å²) in [6.07, 6.45) is 0. The molecule has 0 atom stereocenters. The van der Waals surface area contributed by atoms with Crippen LogP contribution in [0.3, 0.4) is 0 Å². The van der Waals surface area contributed by atoms with Crippen molar-refractivity contribution >= 4 is 5.57 Å². The molecule has 0 aliphatic heterocycles. The summed E-state index contributed by atoms with van der Waals surface area (Å²) in [4.78, 5) is 0. The lowest BCUT2D eigenvalue weighted by atomic mass is 10.1. The molecule has 0 amide bonds. The van der Waals surface area contributed by atoms with Crippen LogP contribution >= 0.6 is 0 Å². The van der Waals surface area contributed by atoms with Crippen molar-refractivity contribution in [3.05, 3.63) is 29.7 Å². The van der Waals surface area contributed by atoms with E-state index in [1.165, 1.54) is 0 Å². The highest BCUT2D eigenvalue weighted by Crippen LogP contribution is 2.19. The van der Waals surface area contributed by atoms with E-state index in [1.54, 1.807) is 0 Å². The highest BCUT2D eigenvalue weighted by molar-refractivity contribution is 5.66. The molecule has 0 aliphatic rings. The summed E-state index contributed by atoms with van der Waals surface area (Å²) < 4.78 is 5.32. The van der Waals surface area contributed by atoms with Gasteiger partial charge in [0.15, 0.2) is 0 Å². The van der Waals surface area contributed by atoms with Crippen LogP contribution in [-0.4, -0.2) is 6.54 Å². The van der Waals surface area contributed by atoms with Gasteiger partial charge < -0.3 is 10.2 Å². The van der Waals surface area contributed by atoms with E-state index in [4.69, 9.17) is 10.2 Å². The van der Waals surface area contributed by atoms with Crippen molar-refractivity contribution in [1.82, 2.24) is 0 Å². The molecule has 2 heteroatoms. The number of hydrogen-bond acceptors (Lipinski definition) is 2. The number of rotatable bonds is 2. The lowest BCUT2D eigenvalue weighted by molar-refractivity contribution is 0.504. The van der Waals surface area contributed by atoms with Crippen molar-refractivity contribution in [2.45, 2.75) is 13.8 Å². The lowest BCUT2D eigenvalue weighted by Crippen LogP contribution is -2.00. The van der Waals surface area contributed by atoms with E-state index in [-0.39, 0.29) is 0 Å². The average molecular weight is 151 g/mol. The summed E-state index contributed by atoms with van der Waals surface area (Å²) in [6, 6.07) is 1.96. The summed E-state index contributed by atoms with van der Waals surface area (Å²) in [6.45, 7) is 8.16. The van der Waals surface area contributed by atoms with Crippen molar-refractivity contribution < 1.29 is 4.42 Å². The highest BCUT2D eigenvalue weighted by Gasteiger charge is 2.05. The predicted molar refractivity (Wildman–Crippen MR) is 46.3 cm³/mol. The molecule has 0 aromatic carbocycles. The van der Waals surface area contributed by atoms with Gasteiger partial charge >= 0.3 is 0 Å². The molecule has 0 fully saturated rings. The molecule has 11 heavy (non-hydrogen) atoms. The second-order valence-electron chi connectivity index (χ2n) is 2.63. The van der Waals surface area contributed by atoms with Crippen LogP contribution in [0.1, 0.15) is 17.1 Å². The quantitative estimate of drug-likeness (QED) is 0.700. The minimum Gasteiger partial charge on any atom is -0.466 e. The number of hydrogen-bond donors (Lipinski definition) is 1. The van der Waals surface area contributed by atoms with Crippen molar-refractivity contribution in [3.8, 4) is 0 Å². The molecular weight excluding hydrogens is 138 g/mol. The van der Waals surface area contributed by atoms with Gasteiger partial charge in [-0.15, -0.1) is 0 Å². The van der Waals surface area contributed by atoms with Crippen LogP contribution < -0.4 is 5.73 Å². The Labute approximate surface area is 66.7 Å². The van der Waals surface area contributed by atoms with Crippen LogP contribution in [0.4, 0.5) is 0 Å². The zero-order chi connectivity index (χ0) is 8.43. The Morgan fingerprint density at radius 2 is 2.27 bits per heavy atom. The summed E-state index contributed by atoms with van der Waals surface area (Å²) in [5, 5.41) is 0. The van der Waals surface area contributed by atoms with Crippen LogP contribution in [0, 0.1) is 13.8 Å². The molecule has 0 spiro atoms. The standard InChI is InChI=1S/C9H13NO/c1-6(5-10)9-4-7(2)11-8(9)3/h4H,1,5,10H2,2-3H3. The fraction of sp³-hybridized carbons (Fsp3) is 0.333. The normalized spacial score (nSPS) is 10.1. The third kappa shape index (κ3) is 1.52. The first kappa shape index (κ1) is 8.08. The molecule has 0 unspecified atom stereocenters. The molecule has 1 aromatic rings. The summed E-state index contributed by atoms with van der Waals surface area (Å²) in [7, 11) is 0. The molecule has 2 N–H and O–H groups in total. The maximum atomic E-state index is 5.44. The van der Waals surface area contributed by atoms with E-state index in [0.29, 0.717) is 6.54 Å². The smallest absolute Gasteiger partial charge is 0.108 e. The Balaban J connectivity index is 3.03. The van der Waals surface area contributed by atoms with E-state index in [0.717, 1.165) is 22.7 Å². The third-order valence-corrected chi connectivity index (χ3v) is 1.67. The average Bonchev–Trinajstić information content (AvgIpc) is 2.28. The number of furan rings is 1. The topological polar surface area (TPSA) is 39.2 Å². The minimum absolute atomic E-state index is 0.486. The number of aryl methyl sites for hydroxylation is 2. The molecule has 2 nitrogen and oxygen atoms in total. The van der Waals surface area contributed by atoms with E-state index >= 15 is 0 Å². The van der Waals surface area contributed by atoms with Gasteiger partial charge in [0.2, 0.25) is 0 Å². The van der Waals surface area contributed by atoms with Crippen LogP contribution in [0.15, 0.2) is 17.1 Å². The first-order valence-corrected chi connectivity index (χ1v) is 3.60. The molecule has 1 aromatic heterocycles. The van der Waals surface area contributed by atoms with Gasteiger partial charge in [-0.3, -0.25) is 0 Å². The van der Waals surface area contributed by atoms with E-state index in [1.807, 2.05) is 19.9 Å². The SMILES string of the molecule is C=C(CN)c1cc(C)oc1C. The molecular formula is C9H13NO. The van der Waals surface area contributed by atoms with Crippen LogP contribution in [0.25, 0.3) is 5.57 Å². The Bertz CT molecular complexity index is 273. The molecule has 0 saturated carbocycles. The first-order chi connectivity index (χ1) is 5.15. The van der Waals surface area contributed by atoms with Crippen molar-refractivity contribution in [1.29, 1.82) is 0 Å². The van der Waals surface area contributed by atoms with E-state index in [2.05, 4.69) is 6.58 Å². The first-order valence-electron chi connectivity index (χ1n) is 3.60. The summed E-state index contributed by atoms with van der Waals surface area (Å²) >= 11 is 0. The van der Waals surface area contributed by atoms with E-state index < -0.39 is 0 Å². The van der Waals surface area contributed by atoms with Crippen molar-refractivity contribution in [2.24, 2.45) is 5.73 Å². The molecule has 0 saturated heterocycles. The lowest BCUT2D eigenvalue weighted by Gasteiger charge is -1.97. The molecule has 60 valence electrons. The van der Waals surface area contributed by atoms with Crippen molar-refractivity contribution in [3.63, 3.8) is 0 Å². The van der Waals surface area contributed by atoms with Gasteiger partial charge in [0.25, 0.3) is 0 Å². The Morgan fingerprint density at radius 1 is 1.64 bits per heavy atom. The van der Waals surface area contributed by atoms with Gasteiger partial charge in [0, 0.05) is 12.1 Å². The second kappa shape index (κ2) is 2.93. The maximum Gasteiger partial charge on any atom is 0.108 e. The summed E-state index contributed by atoms with van der Waals surface area (Å²) in [5.41, 5.74) is 7.42. The second-order valence-corrected chi connectivity index (χ2v) is 2.63. The van der Waals surface area contributed by atoms with E-state index in [9.17, 15) is 0 Å². The summed E-state index contributed by atoms with van der Waals surface area (Å²) in [5.74, 6) is 1.81.